The Hall–Kier alpha value is -1.24. The molecule has 1 N–H and O–H groups in total. The first-order chi connectivity index (χ1) is 5.42. The molecule has 0 aliphatic heterocycles. The van der Waals surface area contributed by atoms with E-state index in [0.717, 1.165) is 0 Å². The van der Waals surface area contributed by atoms with Gasteiger partial charge in [-0.3, -0.25) is 0 Å². The van der Waals surface area contributed by atoms with Crippen LogP contribution in [0, 0.1) is 6.42 Å². The monoisotopic (exact) mass is 144 g/mol. The summed E-state index contributed by atoms with van der Waals surface area (Å²) in [5, 5.41) is 2.58. The van der Waals surface area contributed by atoms with E-state index in [0.29, 0.717) is 0 Å². The van der Waals surface area contributed by atoms with Crippen LogP contribution in [0.4, 0.5) is 0 Å². The minimum absolute atomic E-state index is 1.21. The molecule has 2 rings (SSSR count). The molecule has 1 heterocycles. The minimum atomic E-state index is 1.21. The standard InChI is InChI=1S/C10H10N/c1-2-10-9-6-4-3-5-8(9)7-11-10/h2-7,11H,1H3. The first kappa shape index (κ1) is 6.47. The largest absolute Gasteiger partial charge is 0.364 e. The summed E-state index contributed by atoms with van der Waals surface area (Å²) in [6.45, 7) is 2.04. The summed E-state index contributed by atoms with van der Waals surface area (Å²) in [6, 6.07) is 8.35. The fourth-order valence-corrected chi connectivity index (χ4v) is 1.34. The molecule has 1 nitrogen and oxygen atoms in total. The highest BCUT2D eigenvalue weighted by Crippen LogP contribution is 2.18. The normalized spacial score (nSPS) is 10.6. The van der Waals surface area contributed by atoms with Crippen molar-refractivity contribution >= 4 is 10.8 Å². The molecule has 0 fully saturated rings. The summed E-state index contributed by atoms with van der Waals surface area (Å²) < 4.78 is 0. The zero-order valence-corrected chi connectivity index (χ0v) is 6.46. The zero-order valence-electron chi connectivity index (χ0n) is 6.46. The predicted molar refractivity (Wildman–Crippen MR) is 47.4 cm³/mol. The molecule has 0 saturated heterocycles. The molecule has 0 saturated carbocycles. The minimum Gasteiger partial charge on any atom is -0.364 e. The molecular weight excluding hydrogens is 134 g/mol. The van der Waals surface area contributed by atoms with Crippen molar-refractivity contribution in [2.24, 2.45) is 0 Å². The Labute approximate surface area is 66.1 Å². The number of rotatable bonds is 1. The van der Waals surface area contributed by atoms with Crippen LogP contribution in [-0.2, 0) is 0 Å². The lowest BCUT2D eigenvalue weighted by atomic mass is 10.1. The lowest BCUT2D eigenvalue weighted by Gasteiger charge is -1.90. The Morgan fingerprint density at radius 2 is 2.09 bits per heavy atom. The van der Waals surface area contributed by atoms with Gasteiger partial charge in [-0.1, -0.05) is 31.2 Å². The Balaban J connectivity index is 2.76. The number of benzene rings is 1. The first-order valence-corrected chi connectivity index (χ1v) is 3.77. The van der Waals surface area contributed by atoms with E-state index in [-0.39, 0.29) is 0 Å². The second-order valence-corrected chi connectivity index (χ2v) is 2.58. The third-order valence-electron chi connectivity index (χ3n) is 1.92. The lowest BCUT2D eigenvalue weighted by Crippen LogP contribution is -1.74. The molecule has 1 heteroatoms. The van der Waals surface area contributed by atoms with Crippen LogP contribution in [0.25, 0.3) is 10.8 Å². The summed E-state index contributed by atoms with van der Waals surface area (Å²) in [7, 11) is 0. The van der Waals surface area contributed by atoms with Crippen molar-refractivity contribution < 1.29 is 0 Å². The van der Waals surface area contributed by atoms with E-state index in [9.17, 15) is 0 Å². The van der Waals surface area contributed by atoms with Crippen LogP contribution in [0.3, 0.4) is 0 Å². The smallest absolute Gasteiger partial charge is 0.0262 e. The Morgan fingerprint density at radius 1 is 1.27 bits per heavy atom. The van der Waals surface area contributed by atoms with Gasteiger partial charge < -0.3 is 4.98 Å². The highest BCUT2D eigenvalue weighted by Gasteiger charge is 1.98. The molecule has 2 aromatic rings. The van der Waals surface area contributed by atoms with Gasteiger partial charge in [-0.25, -0.2) is 0 Å². The average molecular weight is 144 g/mol. The van der Waals surface area contributed by atoms with Crippen molar-refractivity contribution in [1.29, 1.82) is 0 Å². The topological polar surface area (TPSA) is 15.8 Å². The van der Waals surface area contributed by atoms with Crippen molar-refractivity contribution in [3.63, 3.8) is 0 Å². The first-order valence-electron chi connectivity index (χ1n) is 3.77. The van der Waals surface area contributed by atoms with Crippen molar-refractivity contribution in [3.8, 4) is 0 Å². The fraction of sp³-hybridized carbons (Fsp3) is 0.100. The SMILES string of the molecule is C[CH]c1[nH]cc2ccccc12. The van der Waals surface area contributed by atoms with E-state index in [4.69, 9.17) is 0 Å². The van der Waals surface area contributed by atoms with Crippen molar-refractivity contribution in [3.05, 3.63) is 42.6 Å². The van der Waals surface area contributed by atoms with E-state index in [1.54, 1.807) is 0 Å². The van der Waals surface area contributed by atoms with Gasteiger partial charge in [-0.15, -0.1) is 0 Å². The quantitative estimate of drug-likeness (QED) is 0.633. The summed E-state index contributed by atoms with van der Waals surface area (Å²) in [5.41, 5.74) is 1.21. The van der Waals surface area contributed by atoms with Gasteiger partial charge in [0.05, 0.1) is 0 Å². The van der Waals surface area contributed by atoms with E-state index in [1.165, 1.54) is 16.5 Å². The fourth-order valence-electron chi connectivity index (χ4n) is 1.34. The summed E-state index contributed by atoms with van der Waals surface area (Å²) in [6.07, 6.45) is 4.12. The maximum absolute atomic E-state index is 3.21. The molecule has 0 amide bonds. The van der Waals surface area contributed by atoms with Gasteiger partial charge in [-0.2, -0.15) is 0 Å². The molecule has 0 atom stereocenters. The third kappa shape index (κ3) is 0.929. The Kier molecular flexibility index (Phi) is 1.42. The maximum Gasteiger partial charge on any atom is 0.0262 e. The van der Waals surface area contributed by atoms with Crippen molar-refractivity contribution in [2.75, 3.05) is 0 Å². The molecule has 1 aromatic carbocycles. The second kappa shape index (κ2) is 2.42. The summed E-state index contributed by atoms with van der Waals surface area (Å²) >= 11 is 0. The van der Waals surface area contributed by atoms with Crippen LogP contribution in [0.2, 0.25) is 0 Å². The van der Waals surface area contributed by atoms with E-state index in [1.807, 2.05) is 13.1 Å². The zero-order chi connectivity index (χ0) is 7.68. The second-order valence-electron chi connectivity index (χ2n) is 2.58. The summed E-state index contributed by atoms with van der Waals surface area (Å²) in [5.74, 6) is 0. The van der Waals surface area contributed by atoms with E-state index < -0.39 is 0 Å². The van der Waals surface area contributed by atoms with Crippen LogP contribution in [0.5, 0.6) is 0 Å². The molecule has 0 unspecified atom stereocenters. The average Bonchev–Trinajstić information content (AvgIpc) is 2.47. The lowest BCUT2D eigenvalue weighted by molar-refractivity contribution is 1.28. The number of hydrogen-bond donors (Lipinski definition) is 1. The van der Waals surface area contributed by atoms with E-state index >= 15 is 0 Å². The van der Waals surface area contributed by atoms with Gasteiger partial charge >= 0.3 is 0 Å². The van der Waals surface area contributed by atoms with Crippen LogP contribution in [0.15, 0.2) is 30.5 Å². The number of aromatic nitrogens is 1. The molecule has 11 heavy (non-hydrogen) atoms. The van der Waals surface area contributed by atoms with Gasteiger partial charge in [-0.05, 0) is 5.39 Å². The molecule has 0 spiro atoms. The van der Waals surface area contributed by atoms with Gasteiger partial charge in [0.1, 0.15) is 0 Å². The van der Waals surface area contributed by atoms with Crippen molar-refractivity contribution in [2.45, 2.75) is 6.92 Å². The van der Waals surface area contributed by atoms with E-state index in [2.05, 4.69) is 35.7 Å². The van der Waals surface area contributed by atoms with Crippen LogP contribution >= 0.6 is 0 Å². The molecule has 0 bridgehead atoms. The Bertz CT molecular complexity index is 360. The predicted octanol–water partition coefficient (Wildman–Crippen LogP) is 2.74. The number of aromatic amines is 1. The van der Waals surface area contributed by atoms with Gasteiger partial charge in [0.15, 0.2) is 0 Å². The summed E-state index contributed by atoms with van der Waals surface area (Å²) in [4.78, 5) is 3.21. The van der Waals surface area contributed by atoms with Crippen LogP contribution < -0.4 is 0 Å². The highest BCUT2D eigenvalue weighted by molar-refractivity contribution is 5.85. The number of hydrogen-bond acceptors (Lipinski definition) is 0. The van der Waals surface area contributed by atoms with Crippen LogP contribution in [-0.4, -0.2) is 4.98 Å². The number of nitrogens with one attached hydrogen (secondary N) is 1. The third-order valence-corrected chi connectivity index (χ3v) is 1.92. The van der Waals surface area contributed by atoms with Crippen molar-refractivity contribution in [1.82, 2.24) is 4.98 Å². The molecular formula is C10H10N. The molecule has 1 radical (unpaired) electrons. The van der Waals surface area contributed by atoms with Gasteiger partial charge in [0.25, 0.3) is 0 Å². The maximum atomic E-state index is 3.21. The van der Waals surface area contributed by atoms with Crippen LogP contribution in [0.1, 0.15) is 12.6 Å². The van der Waals surface area contributed by atoms with Gasteiger partial charge in [0, 0.05) is 23.7 Å². The molecule has 0 aliphatic carbocycles. The Morgan fingerprint density at radius 3 is 2.91 bits per heavy atom. The molecule has 1 aromatic heterocycles. The van der Waals surface area contributed by atoms with Gasteiger partial charge in [0.2, 0.25) is 0 Å². The molecule has 55 valence electrons. The number of fused-ring (bicyclic) bond motifs is 1. The molecule has 0 aliphatic rings. The highest BCUT2D eigenvalue weighted by atomic mass is 14.7. The number of H-pyrrole nitrogens is 1.